The molecular weight excluding hydrogens is 350 g/mol. The predicted octanol–water partition coefficient (Wildman–Crippen LogP) is 3.35. The molecule has 6 nitrogen and oxygen atoms in total. The van der Waals surface area contributed by atoms with Crippen molar-refractivity contribution >= 4 is 18.3 Å². The fourth-order valence-electron chi connectivity index (χ4n) is 4.20. The minimum Gasteiger partial charge on any atom is -0.348 e. The number of nitrogens with zero attached hydrogens (tertiary/aromatic N) is 3. The van der Waals surface area contributed by atoms with Gasteiger partial charge in [0, 0.05) is 6.04 Å². The lowest BCUT2D eigenvalue weighted by Gasteiger charge is -2.39. The lowest BCUT2D eigenvalue weighted by molar-refractivity contribution is 0.0888. The van der Waals surface area contributed by atoms with Crippen LogP contribution in [0.2, 0.25) is 0 Å². The van der Waals surface area contributed by atoms with Gasteiger partial charge in [-0.2, -0.15) is 0 Å². The summed E-state index contributed by atoms with van der Waals surface area (Å²) in [7, 11) is 0. The Balaban J connectivity index is 0.00000243. The SMILES string of the molecule is CCC(C)(C)C1CCC(NC(=O)c2cn(C3CCNCC3)nn2)CC1.Cl. The minimum atomic E-state index is -0.0709. The molecule has 2 aliphatic rings. The van der Waals surface area contributed by atoms with Gasteiger partial charge in [0.15, 0.2) is 5.69 Å². The largest absolute Gasteiger partial charge is 0.348 e. The Morgan fingerprint density at radius 3 is 2.50 bits per heavy atom. The minimum absolute atomic E-state index is 0. The number of carbonyl (C=O) groups is 1. The number of nitrogens with one attached hydrogen (secondary N) is 2. The van der Waals surface area contributed by atoms with E-state index in [-0.39, 0.29) is 24.4 Å². The number of piperidine rings is 1. The van der Waals surface area contributed by atoms with Gasteiger partial charge in [-0.3, -0.25) is 4.79 Å². The summed E-state index contributed by atoms with van der Waals surface area (Å²) in [6.45, 7) is 9.03. The highest BCUT2D eigenvalue weighted by molar-refractivity contribution is 5.92. The molecule has 1 aliphatic heterocycles. The number of carbonyl (C=O) groups excluding carboxylic acids is 1. The summed E-state index contributed by atoms with van der Waals surface area (Å²) in [6.07, 6.45) is 9.67. The van der Waals surface area contributed by atoms with Crippen molar-refractivity contribution in [2.75, 3.05) is 13.1 Å². The molecule has 0 unspecified atom stereocenters. The molecule has 7 heteroatoms. The van der Waals surface area contributed by atoms with E-state index in [9.17, 15) is 4.79 Å². The van der Waals surface area contributed by atoms with Crippen LogP contribution < -0.4 is 10.6 Å². The van der Waals surface area contributed by atoms with Gasteiger partial charge in [-0.05, 0) is 62.9 Å². The number of halogens is 1. The first-order chi connectivity index (χ1) is 12.0. The lowest BCUT2D eigenvalue weighted by Crippen LogP contribution is -2.40. The van der Waals surface area contributed by atoms with Crippen LogP contribution >= 0.6 is 12.4 Å². The highest BCUT2D eigenvalue weighted by atomic mass is 35.5. The van der Waals surface area contributed by atoms with E-state index < -0.39 is 0 Å². The van der Waals surface area contributed by atoms with Gasteiger partial charge in [0.25, 0.3) is 5.91 Å². The summed E-state index contributed by atoms with van der Waals surface area (Å²) < 4.78 is 1.87. The third kappa shape index (κ3) is 4.97. The van der Waals surface area contributed by atoms with Gasteiger partial charge in [-0.25, -0.2) is 4.68 Å². The Morgan fingerprint density at radius 2 is 1.88 bits per heavy atom. The highest BCUT2D eigenvalue weighted by Crippen LogP contribution is 2.40. The molecule has 1 saturated carbocycles. The van der Waals surface area contributed by atoms with Crippen molar-refractivity contribution in [3.63, 3.8) is 0 Å². The van der Waals surface area contributed by atoms with Crippen LogP contribution in [0.5, 0.6) is 0 Å². The zero-order valence-electron chi connectivity index (χ0n) is 16.3. The van der Waals surface area contributed by atoms with Crippen LogP contribution in [-0.2, 0) is 0 Å². The number of hydrogen-bond donors (Lipinski definition) is 2. The summed E-state index contributed by atoms with van der Waals surface area (Å²) >= 11 is 0. The number of hydrogen-bond acceptors (Lipinski definition) is 4. The van der Waals surface area contributed by atoms with Crippen LogP contribution in [0.25, 0.3) is 0 Å². The molecule has 1 aromatic heterocycles. The Bertz CT molecular complexity index is 574. The Labute approximate surface area is 163 Å². The molecule has 1 saturated heterocycles. The molecule has 0 bridgehead atoms. The van der Waals surface area contributed by atoms with Crippen molar-refractivity contribution in [1.29, 1.82) is 0 Å². The smallest absolute Gasteiger partial charge is 0.273 e. The van der Waals surface area contributed by atoms with Crippen molar-refractivity contribution in [2.24, 2.45) is 11.3 Å². The van der Waals surface area contributed by atoms with E-state index in [4.69, 9.17) is 0 Å². The molecular formula is C19H34ClN5O. The van der Waals surface area contributed by atoms with Crippen LogP contribution in [0.15, 0.2) is 6.20 Å². The fraction of sp³-hybridized carbons (Fsp3) is 0.842. The predicted molar refractivity (Wildman–Crippen MR) is 106 cm³/mol. The molecule has 1 amide bonds. The summed E-state index contributed by atoms with van der Waals surface area (Å²) in [4.78, 5) is 12.5. The van der Waals surface area contributed by atoms with Crippen LogP contribution in [0.4, 0.5) is 0 Å². The van der Waals surface area contributed by atoms with Crippen LogP contribution in [-0.4, -0.2) is 40.0 Å². The van der Waals surface area contributed by atoms with E-state index >= 15 is 0 Å². The van der Waals surface area contributed by atoms with Gasteiger partial charge in [0.2, 0.25) is 0 Å². The second kappa shape index (κ2) is 9.18. The fourth-order valence-corrected chi connectivity index (χ4v) is 4.20. The maximum Gasteiger partial charge on any atom is 0.273 e. The van der Waals surface area contributed by atoms with Crippen molar-refractivity contribution in [1.82, 2.24) is 25.6 Å². The maximum absolute atomic E-state index is 12.5. The van der Waals surface area contributed by atoms with Gasteiger partial charge in [0.1, 0.15) is 0 Å². The van der Waals surface area contributed by atoms with Crippen LogP contribution in [0.1, 0.15) is 82.2 Å². The normalized spacial score (nSPS) is 24.7. The van der Waals surface area contributed by atoms with Crippen molar-refractivity contribution in [3.8, 4) is 0 Å². The van der Waals surface area contributed by atoms with E-state index in [0.29, 0.717) is 17.2 Å². The first-order valence-corrected chi connectivity index (χ1v) is 9.93. The van der Waals surface area contributed by atoms with Crippen molar-refractivity contribution in [2.45, 2.75) is 77.8 Å². The topological polar surface area (TPSA) is 71.8 Å². The first-order valence-electron chi connectivity index (χ1n) is 9.93. The monoisotopic (exact) mass is 383 g/mol. The summed E-state index contributed by atoms with van der Waals surface area (Å²) in [6, 6.07) is 0.641. The second-order valence-corrected chi connectivity index (χ2v) is 8.43. The molecule has 26 heavy (non-hydrogen) atoms. The summed E-state index contributed by atoms with van der Waals surface area (Å²) in [5.74, 6) is 0.699. The quantitative estimate of drug-likeness (QED) is 0.817. The lowest BCUT2D eigenvalue weighted by atomic mass is 9.69. The molecule has 3 rings (SSSR count). The van der Waals surface area contributed by atoms with Gasteiger partial charge >= 0.3 is 0 Å². The van der Waals surface area contributed by atoms with Crippen LogP contribution in [0.3, 0.4) is 0 Å². The highest BCUT2D eigenvalue weighted by Gasteiger charge is 2.32. The average molecular weight is 384 g/mol. The van der Waals surface area contributed by atoms with E-state index in [1.54, 1.807) is 0 Å². The molecule has 0 spiro atoms. The van der Waals surface area contributed by atoms with Gasteiger partial charge in [-0.15, -0.1) is 17.5 Å². The number of amides is 1. The number of rotatable bonds is 5. The van der Waals surface area contributed by atoms with E-state index in [1.807, 2.05) is 10.9 Å². The number of aromatic nitrogens is 3. The maximum atomic E-state index is 12.5. The second-order valence-electron chi connectivity index (χ2n) is 8.43. The Hall–Kier alpha value is -1.14. The van der Waals surface area contributed by atoms with E-state index in [2.05, 4.69) is 41.7 Å². The van der Waals surface area contributed by atoms with Crippen molar-refractivity contribution in [3.05, 3.63) is 11.9 Å². The zero-order chi connectivity index (χ0) is 17.9. The molecule has 148 valence electrons. The first kappa shape index (κ1) is 21.2. The molecule has 2 fully saturated rings. The zero-order valence-corrected chi connectivity index (χ0v) is 17.1. The van der Waals surface area contributed by atoms with Crippen molar-refractivity contribution < 1.29 is 4.79 Å². The van der Waals surface area contributed by atoms with Gasteiger partial charge in [0.05, 0.1) is 12.2 Å². The molecule has 1 aromatic rings. The molecule has 2 N–H and O–H groups in total. The molecule has 1 aliphatic carbocycles. The Morgan fingerprint density at radius 1 is 1.23 bits per heavy atom. The van der Waals surface area contributed by atoms with E-state index in [1.165, 1.54) is 19.3 Å². The summed E-state index contributed by atoms with van der Waals surface area (Å²) in [5.41, 5.74) is 0.863. The van der Waals surface area contributed by atoms with Crippen LogP contribution in [0, 0.1) is 11.3 Å². The molecule has 0 aromatic carbocycles. The van der Waals surface area contributed by atoms with Gasteiger partial charge < -0.3 is 10.6 Å². The van der Waals surface area contributed by atoms with E-state index in [0.717, 1.165) is 44.7 Å². The standard InChI is InChI=1S/C19H33N5O.ClH/c1-4-19(2,3)14-5-7-15(8-6-14)21-18(25)17-13-24(23-22-17)16-9-11-20-12-10-16;/h13-16,20H,4-12H2,1-3H3,(H,21,25);1H. The molecule has 2 heterocycles. The summed E-state index contributed by atoms with van der Waals surface area (Å²) in [5, 5.41) is 14.8. The molecule has 0 radical (unpaired) electrons. The van der Waals surface area contributed by atoms with Gasteiger partial charge in [-0.1, -0.05) is 32.4 Å². The Kier molecular flexibility index (Phi) is 7.47. The third-order valence-corrected chi connectivity index (χ3v) is 6.50. The average Bonchev–Trinajstić information content (AvgIpc) is 3.13. The third-order valence-electron chi connectivity index (χ3n) is 6.50. The molecule has 0 atom stereocenters.